The van der Waals surface area contributed by atoms with E-state index in [1.165, 1.54) is 0 Å². The van der Waals surface area contributed by atoms with Crippen molar-refractivity contribution in [3.8, 4) is 11.1 Å². The monoisotopic (exact) mass is 459 g/mol. The van der Waals surface area contributed by atoms with E-state index in [1.54, 1.807) is 42.5 Å². The number of carbonyl (C=O) groups excluding carboxylic acids is 2. The van der Waals surface area contributed by atoms with Gasteiger partial charge in [-0.3, -0.25) is 14.9 Å². The zero-order valence-corrected chi connectivity index (χ0v) is 16.9. The molecule has 0 aliphatic rings. The lowest BCUT2D eigenvalue weighted by Gasteiger charge is -2.12. The number of halogens is 4. The van der Waals surface area contributed by atoms with Crippen LogP contribution in [0.5, 0.6) is 0 Å². The van der Waals surface area contributed by atoms with Crippen molar-refractivity contribution in [2.45, 2.75) is 6.18 Å². The molecule has 10 heteroatoms. The van der Waals surface area contributed by atoms with Crippen molar-refractivity contribution in [1.82, 2.24) is 4.98 Å². The van der Waals surface area contributed by atoms with Gasteiger partial charge in [0.2, 0.25) is 5.91 Å². The van der Waals surface area contributed by atoms with Crippen molar-refractivity contribution in [3.63, 3.8) is 0 Å². The van der Waals surface area contributed by atoms with Crippen molar-refractivity contribution in [2.75, 3.05) is 5.32 Å². The molecule has 3 aromatic carbocycles. The Morgan fingerprint density at radius 1 is 0.969 bits per heavy atom. The standard InChI is InChI=1S/C22H13F4N3O2S/c23-14-5-6-15(16(10-14)22(24,25)26)20(31)29-21-28-17-9-12(4-7-18(17)32-21)11-2-1-3-13(8-11)19(27)30/h1-10H,(H2,27,30)(H,28,29,31). The van der Waals surface area contributed by atoms with Crippen LogP contribution in [0.2, 0.25) is 0 Å². The summed E-state index contributed by atoms with van der Waals surface area (Å²) in [6.07, 6.45) is -4.89. The van der Waals surface area contributed by atoms with E-state index in [1.807, 2.05) is 0 Å². The molecule has 4 rings (SSSR count). The Labute approximate surface area is 182 Å². The molecular formula is C22H13F4N3O2S. The number of nitrogens with zero attached hydrogens (tertiary/aromatic N) is 1. The van der Waals surface area contributed by atoms with Crippen LogP contribution in [-0.4, -0.2) is 16.8 Å². The number of carbonyl (C=O) groups is 2. The van der Waals surface area contributed by atoms with Gasteiger partial charge < -0.3 is 5.73 Å². The number of anilines is 1. The van der Waals surface area contributed by atoms with Crippen molar-refractivity contribution >= 4 is 38.5 Å². The highest BCUT2D eigenvalue weighted by Crippen LogP contribution is 2.34. The van der Waals surface area contributed by atoms with Crippen LogP contribution in [0, 0.1) is 5.82 Å². The highest BCUT2D eigenvalue weighted by atomic mass is 32.1. The maximum atomic E-state index is 13.3. The molecular weight excluding hydrogens is 446 g/mol. The number of primary amides is 1. The summed E-state index contributed by atoms with van der Waals surface area (Å²) in [5, 5.41) is 2.44. The van der Waals surface area contributed by atoms with E-state index in [9.17, 15) is 27.2 Å². The fourth-order valence-corrected chi connectivity index (χ4v) is 3.97. The Kier molecular flexibility index (Phi) is 5.39. The summed E-state index contributed by atoms with van der Waals surface area (Å²) in [6, 6.07) is 13.8. The van der Waals surface area contributed by atoms with Crippen molar-refractivity contribution in [3.05, 3.63) is 83.2 Å². The quantitative estimate of drug-likeness (QED) is 0.397. The van der Waals surface area contributed by atoms with Gasteiger partial charge >= 0.3 is 6.18 Å². The Balaban J connectivity index is 1.64. The summed E-state index contributed by atoms with van der Waals surface area (Å²) in [6.45, 7) is 0. The highest BCUT2D eigenvalue weighted by molar-refractivity contribution is 7.22. The maximum absolute atomic E-state index is 13.3. The lowest BCUT2D eigenvalue weighted by molar-refractivity contribution is -0.138. The average Bonchev–Trinajstić information content (AvgIpc) is 3.14. The van der Waals surface area contributed by atoms with Crippen LogP contribution in [0.25, 0.3) is 21.3 Å². The topological polar surface area (TPSA) is 85.1 Å². The smallest absolute Gasteiger partial charge is 0.366 e. The molecule has 0 atom stereocenters. The molecule has 0 saturated heterocycles. The number of nitrogens with two attached hydrogens (primary N) is 1. The van der Waals surface area contributed by atoms with E-state index < -0.39 is 34.9 Å². The van der Waals surface area contributed by atoms with Gasteiger partial charge in [-0.15, -0.1) is 0 Å². The third kappa shape index (κ3) is 4.30. The lowest BCUT2D eigenvalue weighted by Crippen LogP contribution is -2.19. The normalized spacial score (nSPS) is 11.5. The van der Waals surface area contributed by atoms with Crippen molar-refractivity contribution < 1.29 is 27.2 Å². The van der Waals surface area contributed by atoms with Gasteiger partial charge in [-0.1, -0.05) is 29.5 Å². The first kappa shape index (κ1) is 21.4. The fourth-order valence-electron chi connectivity index (χ4n) is 3.13. The number of hydrogen-bond donors (Lipinski definition) is 2. The van der Waals surface area contributed by atoms with Gasteiger partial charge in [0.15, 0.2) is 5.13 Å². The first-order chi connectivity index (χ1) is 15.1. The van der Waals surface area contributed by atoms with Gasteiger partial charge in [0.1, 0.15) is 5.82 Å². The predicted molar refractivity (Wildman–Crippen MR) is 113 cm³/mol. The molecule has 32 heavy (non-hydrogen) atoms. The molecule has 0 aliphatic carbocycles. The summed E-state index contributed by atoms with van der Waals surface area (Å²) >= 11 is 1.08. The van der Waals surface area contributed by atoms with Gasteiger partial charge in [0.25, 0.3) is 5.91 Å². The van der Waals surface area contributed by atoms with Crippen LogP contribution in [0.3, 0.4) is 0 Å². The number of fused-ring (bicyclic) bond motifs is 1. The highest BCUT2D eigenvalue weighted by Gasteiger charge is 2.35. The number of rotatable bonds is 4. The molecule has 5 nitrogen and oxygen atoms in total. The minimum Gasteiger partial charge on any atom is -0.366 e. The molecule has 0 unspecified atom stereocenters. The van der Waals surface area contributed by atoms with E-state index in [0.29, 0.717) is 15.8 Å². The number of hydrogen-bond acceptors (Lipinski definition) is 4. The van der Waals surface area contributed by atoms with Crippen LogP contribution in [0.1, 0.15) is 26.3 Å². The van der Waals surface area contributed by atoms with Crippen LogP contribution in [-0.2, 0) is 6.18 Å². The third-order valence-electron chi connectivity index (χ3n) is 4.62. The summed E-state index contributed by atoms with van der Waals surface area (Å²) in [5.74, 6) is -2.71. The van der Waals surface area contributed by atoms with Crippen LogP contribution >= 0.6 is 11.3 Å². The Morgan fingerprint density at radius 2 is 1.72 bits per heavy atom. The number of benzene rings is 3. The van der Waals surface area contributed by atoms with Crippen molar-refractivity contribution in [1.29, 1.82) is 0 Å². The van der Waals surface area contributed by atoms with Gasteiger partial charge in [0.05, 0.1) is 21.3 Å². The zero-order chi connectivity index (χ0) is 23.0. The predicted octanol–water partition coefficient (Wildman–Crippen LogP) is 5.47. The second-order valence-electron chi connectivity index (χ2n) is 6.79. The summed E-state index contributed by atoms with van der Waals surface area (Å²) in [5.41, 5.74) is 5.55. The Bertz CT molecular complexity index is 1370. The van der Waals surface area contributed by atoms with Gasteiger partial charge in [0, 0.05) is 5.56 Å². The molecule has 1 aromatic heterocycles. The molecule has 0 radical (unpaired) electrons. The molecule has 3 N–H and O–H groups in total. The molecule has 2 amide bonds. The second kappa shape index (κ2) is 8.04. The van der Waals surface area contributed by atoms with E-state index >= 15 is 0 Å². The third-order valence-corrected chi connectivity index (χ3v) is 5.57. The number of aromatic nitrogens is 1. The SMILES string of the molecule is NC(=O)c1cccc(-c2ccc3sc(NC(=O)c4ccc(F)cc4C(F)(F)F)nc3c2)c1. The van der Waals surface area contributed by atoms with E-state index in [-0.39, 0.29) is 11.2 Å². The minimum absolute atomic E-state index is 0.0884. The van der Waals surface area contributed by atoms with Crippen LogP contribution in [0.15, 0.2) is 60.7 Å². The van der Waals surface area contributed by atoms with Crippen molar-refractivity contribution in [2.24, 2.45) is 5.73 Å². The minimum atomic E-state index is -4.89. The lowest BCUT2D eigenvalue weighted by atomic mass is 10.0. The summed E-state index contributed by atoms with van der Waals surface area (Å²) in [7, 11) is 0. The van der Waals surface area contributed by atoms with Gasteiger partial charge in [-0.2, -0.15) is 13.2 Å². The molecule has 1 heterocycles. The molecule has 0 spiro atoms. The van der Waals surface area contributed by atoms with E-state index in [4.69, 9.17) is 5.73 Å². The fraction of sp³-hybridized carbons (Fsp3) is 0.0455. The average molecular weight is 459 g/mol. The summed E-state index contributed by atoms with van der Waals surface area (Å²) < 4.78 is 53.5. The number of alkyl halides is 3. The van der Waals surface area contributed by atoms with E-state index in [2.05, 4.69) is 10.3 Å². The Hall–Kier alpha value is -3.79. The van der Waals surface area contributed by atoms with Crippen LogP contribution in [0.4, 0.5) is 22.7 Å². The number of amides is 2. The molecule has 4 aromatic rings. The van der Waals surface area contributed by atoms with Gasteiger partial charge in [-0.05, 0) is 53.6 Å². The largest absolute Gasteiger partial charge is 0.417 e. The number of thiazole rings is 1. The zero-order valence-electron chi connectivity index (χ0n) is 16.0. The first-order valence-corrected chi connectivity index (χ1v) is 9.92. The second-order valence-corrected chi connectivity index (χ2v) is 7.82. The maximum Gasteiger partial charge on any atom is 0.417 e. The molecule has 162 valence electrons. The molecule has 0 fully saturated rings. The van der Waals surface area contributed by atoms with Crippen LogP contribution < -0.4 is 11.1 Å². The molecule has 0 saturated carbocycles. The molecule has 0 aliphatic heterocycles. The summed E-state index contributed by atoms with van der Waals surface area (Å²) in [4.78, 5) is 28.1. The first-order valence-electron chi connectivity index (χ1n) is 9.11. The number of nitrogens with one attached hydrogen (secondary N) is 1. The molecule has 0 bridgehead atoms. The van der Waals surface area contributed by atoms with E-state index in [0.717, 1.165) is 34.6 Å². The van der Waals surface area contributed by atoms with Gasteiger partial charge in [-0.25, -0.2) is 9.37 Å². The Morgan fingerprint density at radius 3 is 2.44 bits per heavy atom.